The third-order valence-electron chi connectivity index (χ3n) is 1.99. The molecule has 2 nitrogen and oxygen atoms in total. The van der Waals surface area contributed by atoms with Gasteiger partial charge in [-0.25, -0.2) is 4.98 Å². The first-order valence-electron chi connectivity index (χ1n) is 4.87. The van der Waals surface area contributed by atoms with E-state index in [0.717, 1.165) is 11.3 Å². The highest BCUT2D eigenvalue weighted by molar-refractivity contribution is 5.42. The lowest BCUT2D eigenvalue weighted by molar-refractivity contribution is 0.414. The predicted octanol–water partition coefficient (Wildman–Crippen LogP) is 2.29. The van der Waals surface area contributed by atoms with Crippen LogP contribution in [0.25, 0.3) is 0 Å². The summed E-state index contributed by atoms with van der Waals surface area (Å²) < 4.78 is 5.07. The summed E-state index contributed by atoms with van der Waals surface area (Å²) in [7, 11) is 1.61. The van der Waals surface area contributed by atoms with Gasteiger partial charge in [0.25, 0.3) is 0 Å². The fraction of sp³-hybridized carbons (Fsp3) is 0.0714. The van der Waals surface area contributed by atoms with Crippen molar-refractivity contribution in [2.45, 2.75) is 0 Å². The highest BCUT2D eigenvalue weighted by Crippen LogP contribution is 2.10. The van der Waals surface area contributed by atoms with Crippen LogP contribution in [0.2, 0.25) is 0 Å². The van der Waals surface area contributed by atoms with Crippen LogP contribution in [0, 0.1) is 17.9 Å². The summed E-state index contributed by atoms with van der Waals surface area (Å²) in [5.74, 6) is 6.69. The summed E-state index contributed by atoms with van der Waals surface area (Å²) >= 11 is 0. The molecule has 0 aliphatic heterocycles. The molecule has 0 atom stereocenters. The van der Waals surface area contributed by atoms with Crippen molar-refractivity contribution in [3.63, 3.8) is 0 Å². The van der Waals surface area contributed by atoms with Gasteiger partial charge >= 0.3 is 0 Å². The molecule has 2 aromatic rings. The molecule has 0 saturated carbocycles. The van der Waals surface area contributed by atoms with Crippen molar-refractivity contribution >= 4 is 0 Å². The van der Waals surface area contributed by atoms with Crippen LogP contribution in [-0.2, 0) is 0 Å². The third kappa shape index (κ3) is 2.61. The molecule has 0 N–H and O–H groups in total. The van der Waals surface area contributed by atoms with Gasteiger partial charge in [0.05, 0.1) is 7.11 Å². The van der Waals surface area contributed by atoms with Gasteiger partial charge in [0.1, 0.15) is 11.4 Å². The van der Waals surface area contributed by atoms with Gasteiger partial charge in [-0.3, -0.25) is 0 Å². The van der Waals surface area contributed by atoms with Gasteiger partial charge in [-0.2, -0.15) is 0 Å². The van der Waals surface area contributed by atoms with Crippen LogP contribution in [0.4, 0.5) is 0 Å². The number of rotatable bonds is 1. The second-order valence-electron chi connectivity index (χ2n) is 3.11. The minimum absolute atomic E-state index is 0.688. The maximum absolute atomic E-state index is 5.07. The van der Waals surface area contributed by atoms with Crippen molar-refractivity contribution < 1.29 is 4.74 Å². The summed E-state index contributed by atoms with van der Waals surface area (Å²) in [5.41, 5.74) is 1.65. The Kier molecular flexibility index (Phi) is 3.20. The fourth-order valence-electron chi connectivity index (χ4n) is 1.21. The van der Waals surface area contributed by atoms with Crippen molar-refractivity contribution in [1.82, 2.24) is 4.98 Å². The quantitative estimate of drug-likeness (QED) is 0.671. The van der Waals surface area contributed by atoms with Gasteiger partial charge in [0.2, 0.25) is 0 Å². The van der Waals surface area contributed by atoms with E-state index in [4.69, 9.17) is 4.74 Å². The van der Waals surface area contributed by atoms with Crippen LogP contribution in [0.15, 0.2) is 42.6 Å². The van der Waals surface area contributed by atoms with Crippen molar-refractivity contribution in [3.8, 4) is 17.6 Å². The van der Waals surface area contributed by atoms with E-state index in [-0.39, 0.29) is 0 Å². The second kappa shape index (κ2) is 4.99. The van der Waals surface area contributed by atoms with E-state index in [2.05, 4.69) is 22.9 Å². The Morgan fingerprint density at radius 1 is 1.25 bits per heavy atom. The Bertz CT molecular complexity index is 523. The van der Waals surface area contributed by atoms with Gasteiger partial charge in [0, 0.05) is 17.8 Å². The number of hydrogen-bond acceptors (Lipinski definition) is 2. The van der Waals surface area contributed by atoms with Gasteiger partial charge < -0.3 is 4.74 Å². The van der Waals surface area contributed by atoms with E-state index in [9.17, 15) is 0 Å². The summed E-state index contributed by atoms with van der Waals surface area (Å²) in [6.07, 6.45) is 1.73. The van der Waals surface area contributed by atoms with E-state index < -0.39 is 0 Å². The fourth-order valence-corrected chi connectivity index (χ4v) is 1.21. The minimum Gasteiger partial charge on any atom is -0.496 e. The maximum Gasteiger partial charge on any atom is 0.128 e. The first-order valence-corrected chi connectivity index (χ1v) is 4.87. The smallest absolute Gasteiger partial charge is 0.128 e. The molecular formula is C14H10NO. The van der Waals surface area contributed by atoms with E-state index in [1.54, 1.807) is 19.4 Å². The van der Waals surface area contributed by atoms with Crippen LogP contribution < -0.4 is 4.74 Å². The van der Waals surface area contributed by atoms with Crippen molar-refractivity contribution in [2.75, 3.05) is 7.11 Å². The van der Waals surface area contributed by atoms with E-state index in [1.807, 2.05) is 30.3 Å². The lowest BCUT2D eigenvalue weighted by atomic mass is 10.2. The second-order valence-corrected chi connectivity index (χ2v) is 3.11. The van der Waals surface area contributed by atoms with Gasteiger partial charge in [-0.15, -0.1) is 0 Å². The predicted molar refractivity (Wildman–Crippen MR) is 62.0 cm³/mol. The Hall–Kier alpha value is -2.27. The molecule has 1 radical (unpaired) electrons. The Labute approximate surface area is 94.9 Å². The molecule has 77 valence electrons. The average molecular weight is 208 g/mol. The lowest BCUT2D eigenvalue weighted by Gasteiger charge is -1.97. The van der Waals surface area contributed by atoms with Crippen molar-refractivity contribution in [1.29, 1.82) is 0 Å². The Morgan fingerprint density at radius 2 is 2.19 bits per heavy atom. The molecule has 1 aromatic carbocycles. The zero-order chi connectivity index (χ0) is 11.2. The lowest BCUT2D eigenvalue weighted by Crippen LogP contribution is -1.84. The van der Waals surface area contributed by atoms with E-state index in [1.165, 1.54) is 0 Å². The number of aromatic nitrogens is 1. The topological polar surface area (TPSA) is 22.1 Å². The molecule has 2 heteroatoms. The molecule has 0 amide bonds. The summed E-state index contributed by atoms with van der Waals surface area (Å²) in [5, 5.41) is 0. The van der Waals surface area contributed by atoms with Gasteiger partial charge in [0.15, 0.2) is 0 Å². The highest BCUT2D eigenvalue weighted by atomic mass is 16.5. The molecule has 2 rings (SSSR count). The number of pyridine rings is 1. The molecule has 0 unspecified atom stereocenters. The Balaban J connectivity index is 2.24. The van der Waals surface area contributed by atoms with Crippen LogP contribution in [-0.4, -0.2) is 12.1 Å². The largest absolute Gasteiger partial charge is 0.496 e. The summed E-state index contributed by atoms with van der Waals surface area (Å²) in [6, 6.07) is 14.1. The number of methoxy groups -OCH3 is 1. The SMILES string of the molecule is COc1[c]ccc(C#Cc2ccccn2)c1. The van der Waals surface area contributed by atoms with Crippen LogP contribution >= 0.6 is 0 Å². The molecule has 0 aliphatic rings. The molecular weight excluding hydrogens is 198 g/mol. The standard InChI is InChI=1S/C14H10NO/c1-16-14-7-4-5-12(11-14)8-9-13-6-2-3-10-15-13/h2-6,10-11H,1H3. The van der Waals surface area contributed by atoms with Crippen LogP contribution in [0.5, 0.6) is 5.75 Å². The molecule has 1 heterocycles. The van der Waals surface area contributed by atoms with E-state index in [0.29, 0.717) is 5.75 Å². The van der Waals surface area contributed by atoms with Crippen LogP contribution in [0.3, 0.4) is 0 Å². The van der Waals surface area contributed by atoms with Crippen molar-refractivity contribution in [3.05, 3.63) is 59.9 Å². The molecule has 0 bridgehead atoms. The number of benzene rings is 1. The summed E-state index contributed by atoms with van der Waals surface area (Å²) in [4.78, 5) is 4.12. The molecule has 0 saturated heterocycles. The first-order chi connectivity index (χ1) is 7.88. The zero-order valence-corrected chi connectivity index (χ0v) is 8.90. The maximum atomic E-state index is 5.07. The number of hydrogen-bond donors (Lipinski definition) is 0. The van der Waals surface area contributed by atoms with Crippen molar-refractivity contribution in [2.24, 2.45) is 0 Å². The Morgan fingerprint density at radius 3 is 2.94 bits per heavy atom. The minimum atomic E-state index is 0.688. The average Bonchev–Trinajstić information content (AvgIpc) is 2.38. The van der Waals surface area contributed by atoms with E-state index >= 15 is 0 Å². The summed E-state index contributed by atoms with van der Waals surface area (Å²) in [6.45, 7) is 0. The highest BCUT2D eigenvalue weighted by Gasteiger charge is 1.92. The van der Waals surface area contributed by atoms with Crippen LogP contribution in [0.1, 0.15) is 11.3 Å². The van der Waals surface area contributed by atoms with Gasteiger partial charge in [-0.05, 0) is 36.3 Å². The molecule has 0 spiro atoms. The van der Waals surface area contributed by atoms with Gasteiger partial charge in [-0.1, -0.05) is 12.0 Å². The monoisotopic (exact) mass is 208 g/mol. The number of ether oxygens (including phenoxy) is 1. The molecule has 0 aliphatic carbocycles. The molecule has 1 aromatic heterocycles. The molecule has 0 fully saturated rings. The normalized spacial score (nSPS) is 9.06. The number of nitrogens with zero attached hydrogens (tertiary/aromatic N) is 1. The first kappa shape index (κ1) is 10.3. The molecule has 16 heavy (non-hydrogen) atoms. The third-order valence-corrected chi connectivity index (χ3v) is 1.99. The zero-order valence-electron chi connectivity index (χ0n) is 8.90.